The highest BCUT2D eigenvalue weighted by atomic mass is 19.4. The van der Waals surface area contributed by atoms with Gasteiger partial charge < -0.3 is 15.0 Å². The molecule has 0 aliphatic heterocycles. The molecule has 1 unspecified atom stereocenters. The molecule has 8 nitrogen and oxygen atoms in total. The van der Waals surface area contributed by atoms with Crippen molar-refractivity contribution in [1.82, 2.24) is 9.97 Å². The summed E-state index contributed by atoms with van der Waals surface area (Å²) in [7, 11) is 0. The molecular formula is C31H26F3N3O5. The molecule has 216 valence electrons. The standard InChI is InChI=1S/C31H26F3N3O5/c32-31(33,34)30(39)42-41-29(38)18-25(22-10-9-20-6-1-2-7-21(20)16-22)26-19-37-27-17-23(11-12-24(26)27)40-15-5-14-36-28-8-3-4-13-35-28/h1-4,6-13,16-17,19,25,37H,5,14-15,18H2,(H,35,36). The Kier molecular flexibility index (Phi) is 8.56. The first kappa shape index (κ1) is 28.5. The number of aromatic nitrogens is 2. The molecule has 0 amide bonds. The number of pyridine rings is 1. The van der Waals surface area contributed by atoms with Crippen molar-refractivity contribution in [3.63, 3.8) is 0 Å². The van der Waals surface area contributed by atoms with Crippen LogP contribution < -0.4 is 10.1 Å². The average molecular weight is 578 g/mol. The van der Waals surface area contributed by atoms with Crippen LogP contribution in [0.3, 0.4) is 0 Å². The van der Waals surface area contributed by atoms with E-state index in [1.54, 1.807) is 12.4 Å². The normalized spacial score (nSPS) is 12.2. The van der Waals surface area contributed by atoms with Gasteiger partial charge in [0.15, 0.2) is 0 Å². The maximum Gasteiger partial charge on any atom is 0.495 e. The minimum Gasteiger partial charge on any atom is -0.493 e. The molecule has 5 rings (SSSR count). The summed E-state index contributed by atoms with van der Waals surface area (Å²) in [6.07, 6.45) is -1.47. The predicted molar refractivity (Wildman–Crippen MR) is 150 cm³/mol. The van der Waals surface area contributed by atoms with E-state index in [1.807, 2.05) is 78.9 Å². The first-order chi connectivity index (χ1) is 20.3. The number of hydrogen-bond acceptors (Lipinski definition) is 7. The molecule has 2 heterocycles. The second kappa shape index (κ2) is 12.6. The minimum absolute atomic E-state index is 0.377. The molecule has 0 fully saturated rings. The number of carbonyl (C=O) groups is 2. The quantitative estimate of drug-likeness (QED) is 0.108. The molecule has 5 aromatic rings. The second-order valence-electron chi connectivity index (χ2n) is 9.48. The van der Waals surface area contributed by atoms with Gasteiger partial charge in [0.1, 0.15) is 11.6 Å². The summed E-state index contributed by atoms with van der Waals surface area (Å²) in [5.41, 5.74) is 2.19. The van der Waals surface area contributed by atoms with Crippen LogP contribution in [0, 0.1) is 0 Å². The fourth-order valence-electron chi connectivity index (χ4n) is 4.62. The number of H-pyrrole nitrogens is 1. The van der Waals surface area contributed by atoms with Crippen molar-refractivity contribution in [2.45, 2.75) is 24.9 Å². The first-order valence-electron chi connectivity index (χ1n) is 13.1. The number of carbonyl (C=O) groups excluding carboxylic acids is 2. The lowest BCUT2D eigenvalue weighted by Crippen LogP contribution is -2.27. The number of anilines is 1. The van der Waals surface area contributed by atoms with Crippen molar-refractivity contribution < 1.29 is 37.3 Å². The molecular weight excluding hydrogens is 551 g/mol. The SMILES string of the molecule is O=C(CC(c1ccc2ccccc2c1)c1c[nH]c2cc(OCCCNc3ccccn3)ccc12)OOC(=O)C(F)(F)F. The van der Waals surface area contributed by atoms with Crippen molar-refractivity contribution in [2.75, 3.05) is 18.5 Å². The van der Waals surface area contributed by atoms with Crippen LogP contribution in [0.5, 0.6) is 5.75 Å². The Balaban J connectivity index is 1.32. The fourth-order valence-corrected chi connectivity index (χ4v) is 4.62. The number of hydrogen-bond donors (Lipinski definition) is 2. The van der Waals surface area contributed by atoms with Crippen LogP contribution in [0.1, 0.15) is 29.9 Å². The highest BCUT2D eigenvalue weighted by Crippen LogP contribution is 2.36. The van der Waals surface area contributed by atoms with Gasteiger partial charge in [0, 0.05) is 41.8 Å². The Bertz CT molecular complexity index is 1690. The number of ether oxygens (including phenoxy) is 1. The van der Waals surface area contributed by atoms with Gasteiger partial charge in [0.25, 0.3) is 0 Å². The van der Waals surface area contributed by atoms with Gasteiger partial charge >= 0.3 is 18.1 Å². The van der Waals surface area contributed by atoms with Gasteiger partial charge in [0.05, 0.1) is 13.0 Å². The topological polar surface area (TPSA) is 103 Å². The predicted octanol–water partition coefficient (Wildman–Crippen LogP) is 6.68. The minimum atomic E-state index is -5.29. The third kappa shape index (κ3) is 6.98. The number of alkyl halides is 3. The Morgan fingerprint density at radius 1 is 0.929 bits per heavy atom. The Morgan fingerprint density at radius 2 is 1.74 bits per heavy atom. The molecule has 2 N–H and O–H groups in total. The number of fused-ring (bicyclic) bond motifs is 2. The van der Waals surface area contributed by atoms with Crippen LogP contribution in [0.2, 0.25) is 0 Å². The first-order valence-corrected chi connectivity index (χ1v) is 13.1. The molecule has 0 bridgehead atoms. The van der Waals surface area contributed by atoms with Crippen molar-refractivity contribution >= 4 is 39.4 Å². The zero-order chi connectivity index (χ0) is 29.5. The van der Waals surface area contributed by atoms with E-state index < -0.39 is 24.0 Å². The van der Waals surface area contributed by atoms with E-state index in [1.165, 1.54) is 0 Å². The van der Waals surface area contributed by atoms with E-state index >= 15 is 0 Å². The molecule has 42 heavy (non-hydrogen) atoms. The molecule has 0 aliphatic rings. The molecule has 1 atom stereocenters. The summed E-state index contributed by atoms with van der Waals surface area (Å²) in [4.78, 5) is 39.0. The molecule has 0 saturated carbocycles. The third-order valence-electron chi connectivity index (χ3n) is 6.61. The summed E-state index contributed by atoms with van der Waals surface area (Å²) in [5, 5.41) is 5.92. The van der Waals surface area contributed by atoms with Crippen LogP contribution in [-0.4, -0.2) is 41.2 Å². The van der Waals surface area contributed by atoms with E-state index in [-0.39, 0.29) is 6.42 Å². The number of aromatic amines is 1. The lowest BCUT2D eigenvalue weighted by Gasteiger charge is -2.17. The Morgan fingerprint density at radius 3 is 2.52 bits per heavy atom. The number of nitrogens with zero attached hydrogens (tertiary/aromatic N) is 1. The highest BCUT2D eigenvalue weighted by molar-refractivity contribution is 5.88. The number of halogens is 3. The second-order valence-corrected chi connectivity index (χ2v) is 9.48. The summed E-state index contributed by atoms with van der Waals surface area (Å²) in [6.45, 7) is 1.16. The van der Waals surface area contributed by atoms with E-state index in [0.29, 0.717) is 24.5 Å². The van der Waals surface area contributed by atoms with Gasteiger partial charge in [-0.1, -0.05) is 48.5 Å². The summed E-state index contributed by atoms with van der Waals surface area (Å²) in [6, 6.07) is 24.4. The van der Waals surface area contributed by atoms with Gasteiger partial charge in [-0.15, -0.1) is 0 Å². The van der Waals surface area contributed by atoms with Gasteiger partial charge in [-0.2, -0.15) is 13.2 Å². The van der Waals surface area contributed by atoms with Crippen LogP contribution >= 0.6 is 0 Å². The lowest BCUT2D eigenvalue weighted by atomic mass is 9.87. The third-order valence-corrected chi connectivity index (χ3v) is 6.61. The van der Waals surface area contributed by atoms with Crippen LogP contribution in [-0.2, 0) is 19.4 Å². The lowest BCUT2D eigenvalue weighted by molar-refractivity contribution is -0.285. The van der Waals surface area contributed by atoms with Gasteiger partial charge in [0.2, 0.25) is 0 Å². The molecule has 11 heteroatoms. The Labute approximate surface area is 238 Å². The molecule has 3 aromatic carbocycles. The molecule has 0 aliphatic carbocycles. The molecule has 0 saturated heterocycles. The monoisotopic (exact) mass is 577 g/mol. The van der Waals surface area contributed by atoms with E-state index in [9.17, 15) is 22.8 Å². The molecule has 2 aromatic heterocycles. The van der Waals surface area contributed by atoms with E-state index in [0.717, 1.165) is 39.5 Å². The smallest absolute Gasteiger partial charge is 0.493 e. The van der Waals surface area contributed by atoms with Gasteiger partial charge in [-0.25, -0.2) is 24.3 Å². The molecule has 0 radical (unpaired) electrons. The number of benzene rings is 3. The maximum atomic E-state index is 12.6. The van der Waals surface area contributed by atoms with Crippen molar-refractivity contribution in [2.24, 2.45) is 0 Å². The van der Waals surface area contributed by atoms with Gasteiger partial charge in [-0.3, -0.25) is 0 Å². The Hall–Kier alpha value is -5.06. The zero-order valence-corrected chi connectivity index (χ0v) is 22.2. The largest absolute Gasteiger partial charge is 0.495 e. The summed E-state index contributed by atoms with van der Waals surface area (Å²) < 4.78 is 43.4. The summed E-state index contributed by atoms with van der Waals surface area (Å²) in [5.74, 6) is -2.91. The van der Waals surface area contributed by atoms with Crippen LogP contribution in [0.15, 0.2) is 91.3 Å². The van der Waals surface area contributed by atoms with Gasteiger partial charge in [-0.05, 0) is 52.6 Å². The van der Waals surface area contributed by atoms with Crippen molar-refractivity contribution in [3.05, 3.63) is 102 Å². The van der Waals surface area contributed by atoms with Crippen molar-refractivity contribution in [1.29, 1.82) is 0 Å². The van der Waals surface area contributed by atoms with Crippen LogP contribution in [0.25, 0.3) is 21.7 Å². The fraction of sp³-hybridized carbons (Fsp3) is 0.194. The zero-order valence-electron chi connectivity index (χ0n) is 22.2. The van der Waals surface area contributed by atoms with Crippen molar-refractivity contribution in [3.8, 4) is 5.75 Å². The maximum absolute atomic E-state index is 12.6. The van der Waals surface area contributed by atoms with E-state index in [4.69, 9.17) is 4.74 Å². The number of rotatable bonds is 10. The average Bonchev–Trinajstić information content (AvgIpc) is 3.41. The number of nitrogens with one attached hydrogen (secondary N) is 2. The summed E-state index contributed by atoms with van der Waals surface area (Å²) >= 11 is 0. The van der Waals surface area contributed by atoms with E-state index in [2.05, 4.69) is 25.1 Å². The molecule has 0 spiro atoms. The highest BCUT2D eigenvalue weighted by Gasteiger charge is 2.43. The van der Waals surface area contributed by atoms with Crippen LogP contribution in [0.4, 0.5) is 19.0 Å².